The maximum atomic E-state index is 13.7. The number of nitrogens with zero attached hydrogens (tertiary/aromatic N) is 3. The van der Waals surface area contributed by atoms with Crippen LogP contribution in [0.4, 0.5) is 16.2 Å². The van der Waals surface area contributed by atoms with Gasteiger partial charge in [-0.3, -0.25) is 9.59 Å². The zero-order valence-corrected chi connectivity index (χ0v) is 20.1. The van der Waals surface area contributed by atoms with Crippen molar-refractivity contribution < 1.29 is 14.4 Å². The van der Waals surface area contributed by atoms with Crippen molar-refractivity contribution in [3.05, 3.63) is 58.6 Å². The first-order valence-corrected chi connectivity index (χ1v) is 12.0. The Morgan fingerprint density at radius 1 is 1.09 bits per heavy atom. The minimum Gasteiger partial charge on any atom is -0.371 e. The Morgan fingerprint density at radius 3 is 2.53 bits per heavy atom. The lowest BCUT2D eigenvalue weighted by atomic mass is 10.1. The normalized spacial score (nSPS) is 18.2. The zero-order chi connectivity index (χ0) is 24.2. The molecule has 1 atom stereocenters. The number of carbonyl (C=O) groups is 3. The summed E-state index contributed by atoms with van der Waals surface area (Å²) >= 11 is 6.62. The number of benzene rings is 2. The van der Waals surface area contributed by atoms with Crippen LogP contribution in [-0.4, -0.2) is 55.0 Å². The number of amides is 4. The Morgan fingerprint density at radius 2 is 1.82 bits per heavy atom. The Hall–Kier alpha value is -3.26. The van der Waals surface area contributed by atoms with Gasteiger partial charge in [-0.15, -0.1) is 0 Å². The second-order valence-corrected chi connectivity index (χ2v) is 9.27. The van der Waals surface area contributed by atoms with Gasteiger partial charge >= 0.3 is 6.03 Å². The van der Waals surface area contributed by atoms with Gasteiger partial charge in [-0.25, -0.2) is 4.79 Å². The van der Waals surface area contributed by atoms with Gasteiger partial charge in [0.1, 0.15) is 0 Å². The van der Waals surface area contributed by atoms with Crippen LogP contribution >= 0.6 is 11.6 Å². The lowest BCUT2D eigenvalue weighted by Crippen LogP contribution is -2.49. The minimum atomic E-state index is -0.615. The molecule has 0 unspecified atom stereocenters. The Bertz CT molecular complexity index is 1090. The number of nitrogens with two attached hydrogens (primary N) is 1. The van der Waals surface area contributed by atoms with Crippen molar-refractivity contribution >= 4 is 40.8 Å². The summed E-state index contributed by atoms with van der Waals surface area (Å²) in [7, 11) is 0. The van der Waals surface area contributed by atoms with Crippen LogP contribution in [0, 0.1) is 0 Å². The number of piperidine rings is 1. The Kier molecular flexibility index (Phi) is 7.26. The molecule has 0 aromatic heterocycles. The Labute approximate surface area is 204 Å². The standard InChI is InChI=1S/C25H30ClN5O3/c1-17-15-31(22-8-4-3-7-18(22)16-30(17)25(34)28-14-23(27)32)24(33)20-10-9-19(13-21(20)26)29-11-5-2-6-12-29/h3-4,7-10,13,17H,2,5-6,11-12,14-16H2,1H3,(H2,27,32)(H,28,34)/t17-/m1/s1. The van der Waals surface area contributed by atoms with Gasteiger partial charge in [-0.1, -0.05) is 29.8 Å². The van der Waals surface area contributed by atoms with E-state index in [0.717, 1.165) is 42.9 Å². The lowest BCUT2D eigenvalue weighted by Gasteiger charge is -2.30. The summed E-state index contributed by atoms with van der Waals surface area (Å²) in [6.45, 7) is 4.20. The summed E-state index contributed by atoms with van der Waals surface area (Å²) in [5.74, 6) is -0.829. The highest BCUT2D eigenvalue weighted by Crippen LogP contribution is 2.32. The molecule has 34 heavy (non-hydrogen) atoms. The van der Waals surface area contributed by atoms with Gasteiger partial charge in [0.15, 0.2) is 0 Å². The lowest BCUT2D eigenvalue weighted by molar-refractivity contribution is -0.117. The van der Waals surface area contributed by atoms with Crippen LogP contribution in [0.2, 0.25) is 5.02 Å². The molecule has 1 fully saturated rings. The summed E-state index contributed by atoms with van der Waals surface area (Å²) in [6.07, 6.45) is 3.56. The fraction of sp³-hybridized carbons (Fsp3) is 0.400. The maximum Gasteiger partial charge on any atom is 0.318 e. The van der Waals surface area contributed by atoms with Crippen LogP contribution < -0.4 is 20.9 Å². The van der Waals surface area contributed by atoms with E-state index in [1.54, 1.807) is 15.9 Å². The van der Waals surface area contributed by atoms with E-state index in [0.29, 0.717) is 17.1 Å². The molecule has 0 aliphatic carbocycles. The smallest absolute Gasteiger partial charge is 0.318 e. The fourth-order valence-electron chi connectivity index (χ4n) is 4.61. The highest BCUT2D eigenvalue weighted by Gasteiger charge is 2.32. The van der Waals surface area contributed by atoms with Crippen LogP contribution in [0.1, 0.15) is 42.1 Å². The molecule has 0 bridgehead atoms. The summed E-state index contributed by atoms with van der Waals surface area (Å²) in [6, 6.07) is 12.4. The topological polar surface area (TPSA) is 99.0 Å². The number of hydrogen-bond donors (Lipinski definition) is 2. The molecule has 3 N–H and O–H groups in total. The van der Waals surface area contributed by atoms with Crippen LogP contribution in [0.25, 0.3) is 0 Å². The maximum absolute atomic E-state index is 13.7. The number of para-hydroxylation sites is 1. The van der Waals surface area contributed by atoms with Gasteiger partial charge in [0.2, 0.25) is 5.91 Å². The van der Waals surface area contributed by atoms with Crippen molar-refractivity contribution in [1.82, 2.24) is 10.2 Å². The quantitative estimate of drug-likeness (QED) is 0.696. The zero-order valence-electron chi connectivity index (χ0n) is 19.3. The molecule has 4 amide bonds. The number of fused-ring (bicyclic) bond motifs is 1. The number of primary amides is 1. The average molecular weight is 484 g/mol. The largest absolute Gasteiger partial charge is 0.371 e. The van der Waals surface area contributed by atoms with Gasteiger partial charge in [0.25, 0.3) is 5.91 Å². The molecule has 4 rings (SSSR count). The first kappa shape index (κ1) is 23.9. The molecule has 8 nitrogen and oxygen atoms in total. The molecule has 1 saturated heterocycles. The molecule has 2 aliphatic heterocycles. The van der Waals surface area contributed by atoms with E-state index in [9.17, 15) is 14.4 Å². The van der Waals surface area contributed by atoms with E-state index in [1.165, 1.54) is 6.42 Å². The molecule has 2 heterocycles. The molecule has 2 aliphatic rings. The average Bonchev–Trinajstić information content (AvgIpc) is 2.99. The van der Waals surface area contributed by atoms with E-state index in [2.05, 4.69) is 10.2 Å². The summed E-state index contributed by atoms with van der Waals surface area (Å²) in [5.41, 5.74) is 8.19. The molecule has 9 heteroatoms. The van der Waals surface area contributed by atoms with Crippen LogP contribution in [0.15, 0.2) is 42.5 Å². The molecular weight excluding hydrogens is 454 g/mol. The summed E-state index contributed by atoms with van der Waals surface area (Å²) in [5, 5.41) is 2.96. The van der Waals surface area contributed by atoms with Gasteiger partial charge < -0.3 is 25.8 Å². The third kappa shape index (κ3) is 5.12. The van der Waals surface area contributed by atoms with E-state index in [-0.39, 0.29) is 25.0 Å². The molecule has 2 aromatic carbocycles. The van der Waals surface area contributed by atoms with E-state index in [4.69, 9.17) is 17.3 Å². The number of urea groups is 1. The van der Waals surface area contributed by atoms with Crippen molar-refractivity contribution in [1.29, 1.82) is 0 Å². The number of hydrogen-bond acceptors (Lipinski definition) is 4. The highest BCUT2D eigenvalue weighted by atomic mass is 35.5. The summed E-state index contributed by atoms with van der Waals surface area (Å²) < 4.78 is 0. The predicted molar refractivity (Wildman–Crippen MR) is 133 cm³/mol. The molecule has 2 aromatic rings. The second-order valence-electron chi connectivity index (χ2n) is 8.86. The number of anilines is 2. The molecular formula is C25H30ClN5O3. The monoisotopic (exact) mass is 483 g/mol. The van der Waals surface area contributed by atoms with Gasteiger partial charge in [-0.05, 0) is 56.0 Å². The summed E-state index contributed by atoms with van der Waals surface area (Å²) in [4.78, 5) is 43.2. The molecule has 0 radical (unpaired) electrons. The molecule has 180 valence electrons. The van der Waals surface area contributed by atoms with Gasteiger partial charge in [-0.2, -0.15) is 0 Å². The number of nitrogens with one attached hydrogen (secondary N) is 1. The second kappa shape index (κ2) is 10.3. The van der Waals surface area contributed by atoms with E-state index >= 15 is 0 Å². The number of carbonyl (C=O) groups excluding carboxylic acids is 3. The first-order valence-electron chi connectivity index (χ1n) is 11.6. The predicted octanol–water partition coefficient (Wildman–Crippen LogP) is 3.38. The Balaban J connectivity index is 1.60. The fourth-order valence-corrected chi connectivity index (χ4v) is 4.86. The van der Waals surface area contributed by atoms with Crippen LogP contribution in [0.3, 0.4) is 0 Å². The van der Waals surface area contributed by atoms with Crippen molar-refractivity contribution in [2.45, 2.75) is 38.8 Å². The number of rotatable bonds is 4. The minimum absolute atomic E-state index is 0.214. The van der Waals surface area contributed by atoms with Crippen molar-refractivity contribution in [3.8, 4) is 0 Å². The third-order valence-corrected chi connectivity index (χ3v) is 6.74. The third-order valence-electron chi connectivity index (χ3n) is 6.43. The van der Waals surface area contributed by atoms with Crippen molar-refractivity contribution in [3.63, 3.8) is 0 Å². The number of halogens is 1. The SMILES string of the molecule is C[C@@H]1CN(C(=O)c2ccc(N3CCCCC3)cc2Cl)c2ccccc2CN1C(=O)NCC(N)=O. The molecule has 0 saturated carbocycles. The van der Waals surface area contributed by atoms with Crippen molar-refractivity contribution in [2.24, 2.45) is 5.73 Å². The first-order chi connectivity index (χ1) is 16.3. The van der Waals surface area contributed by atoms with Crippen LogP contribution in [-0.2, 0) is 11.3 Å². The van der Waals surface area contributed by atoms with Crippen molar-refractivity contribution in [2.75, 3.05) is 36.0 Å². The van der Waals surface area contributed by atoms with E-state index in [1.807, 2.05) is 43.3 Å². The molecule has 0 spiro atoms. The van der Waals surface area contributed by atoms with E-state index < -0.39 is 11.9 Å². The van der Waals surface area contributed by atoms with Gasteiger partial charge in [0.05, 0.1) is 17.1 Å². The van der Waals surface area contributed by atoms with Crippen LogP contribution in [0.5, 0.6) is 0 Å². The van der Waals surface area contributed by atoms with Gasteiger partial charge in [0, 0.05) is 43.6 Å². The highest BCUT2D eigenvalue weighted by molar-refractivity contribution is 6.34.